The SMILES string of the molecule is CSCC(CCO)NC(=O)c1cccn1C. The van der Waals surface area contributed by atoms with Crippen molar-refractivity contribution in [2.24, 2.45) is 7.05 Å². The number of carbonyl (C=O) groups excluding carboxylic acids is 1. The fraction of sp³-hybridized carbons (Fsp3) is 0.545. The van der Waals surface area contributed by atoms with E-state index in [1.54, 1.807) is 22.4 Å². The number of aliphatic hydroxyl groups excluding tert-OH is 1. The summed E-state index contributed by atoms with van der Waals surface area (Å²) in [5.74, 6) is 0.733. The van der Waals surface area contributed by atoms with E-state index in [-0.39, 0.29) is 18.6 Å². The Morgan fingerprint density at radius 3 is 2.94 bits per heavy atom. The molecule has 0 bridgehead atoms. The molecule has 1 rings (SSSR count). The molecule has 16 heavy (non-hydrogen) atoms. The van der Waals surface area contributed by atoms with E-state index in [2.05, 4.69) is 5.32 Å². The highest BCUT2D eigenvalue weighted by molar-refractivity contribution is 7.98. The lowest BCUT2D eigenvalue weighted by Gasteiger charge is -2.16. The Hall–Kier alpha value is -0.940. The molecule has 0 aliphatic carbocycles. The van der Waals surface area contributed by atoms with Crippen LogP contribution in [0, 0.1) is 0 Å². The molecule has 0 aliphatic rings. The van der Waals surface area contributed by atoms with E-state index in [9.17, 15) is 4.79 Å². The van der Waals surface area contributed by atoms with Gasteiger partial charge in [-0.05, 0) is 24.8 Å². The van der Waals surface area contributed by atoms with Gasteiger partial charge in [0.15, 0.2) is 0 Å². The van der Waals surface area contributed by atoms with Crippen molar-refractivity contribution in [1.82, 2.24) is 9.88 Å². The highest BCUT2D eigenvalue weighted by Gasteiger charge is 2.14. The zero-order chi connectivity index (χ0) is 12.0. The highest BCUT2D eigenvalue weighted by atomic mass is 32.2. The molecule has 0 saturated heterocycles. The third-order valence-electron chi connectivity index (χ3n) is 2.36. The Morgan fingerprint density at radius 2 is 2.44 bits per heavy atom. The number of nitrogens with zero attached hydrogens (tertiary/aromatic N) is 1. The third kappa shape index (κ3) is 3.57. The van der Waals surface area contributed by atoms with Crippen LogP contribution in [0.2, 0.25) is 0 Å². The summed E-state index contributed by atoms with van der Waals surface area (Å²) in [6, 6.07) is 3.65. The van der Waals surface area contributed by atoms with E-state index < -0.39 is 0 Å². The first-order valence-electron chi connectivity index (χ1n) is 5.21. The molecule has 1 heterocycles. The molecule has 0 spiro atoms. The van der Waals surface area contributed by atoms with Crippen molar-refractivity contribution >= 4 is 17.7 Å². The largest absolute Gasteiger partial charge is 0.396 e. The van der Waals surface area contributed by atoms with E-state index in [1.165, 1.54) is 0 Å². The molecule has 90 valence electrons. The molecular formula is C11H18N2O2S. The molecule has 1 unspecified atom stereocenters. The monoisotopic (exact) mass is 242 g/mol. The number of aryl methyl sites for hydroxylation is 1. The minimum atomic E-state index is -0.0833. The van der Waals surface area contributed by atoms with Gasteiger partial charge in [-0.15, -0.1) is 0 Å². The van der Waals surface area contributed by atoms with Gasteiger partial charge in [0.2, 0.25) is 0 Å². The molecule has 2 N–H and O–H groups in total. The van der Waals surface area contributed by atoms with Crippen molar-refractivity contribution in [2.75, 3.05) is 18.6 Å². The molecule has 4 nitrogen and oxygen atoms in total. The topological polar surface area (TPSA) is 54.3 Å². The molecule has 1 aromatic heterocycles. The van der Waals surface area contributed by atoms with Crippen molar-refractivity contribution in [3.8, 4) is 0 Å². The van der Waals surface area contributed by atoms with E-state index in [4.69, 9.17) is 5.11 Å². The minimum Gasteiger partial charge on any atom is -0.396 e. The van der Waals surface area contributed by atoms with Gasteiger partial charge in [0.05, 0.1) is 0 Å². The first-order chi connectivity index (χ1) is 7.69. The van der Waals surface area contributed by atoms with Gasteiger partial charge in [0.1, 0.15) is 5.69 Å². The minimum absolute atomic E-state index is 0.0300. The number of aliphatic hydroxyl groups is 1. The highest BCUT2D eigenvalue weighted by Crippen LogP contribution is 2.04. The average Bonchev–Trinajstić information content (AvgIpc) is 2.65. The van der Waals surface area contributed by atoms with Crippen molar-refractivity contribution in [1.29, 1.82) is 0 Å². The van der Waals surface area contributed by atoms with Crippen molar-refractivity contribution in [3.63, 3.8) is 0 Å². The van der Waals surface area contributed by atoms with Crippen LogP contribution in [0.25, 0.3) is 0 Å². The summed E-state index contributed by atoms with van der Waals surface area (Å²) >= 11 is 1.66. The van der Waals surface area contributed by atoms with Gasteiger partial charge in [-0.1, -0.05) is 0 Å². The lowest BCUT2D eigenvalue weighted by atomic mass is 10.2. The normalized spacial score (nSPS) is 12.4. The van der Waals surface area contributed by atoms with Crippen LogP contribution >= 0.6 is 11.8 Å². The van der Waals surface area contributed by atoms with Gasteiger partial charge < -0.3 is 15.0 Å². The number of aromatic nitrogens is 1. The molecule has 0 aromatic carbocycles. The summed E-state index contributed by atoms with van der Waals surface area (Å²) < 4.78 is 1.78. The molecule has 1 aromatic rings. The van der Waals surface area contributed by atoms with E-state index in [0.29, 0.717) is 12.1 Å². The summed E-state index contributed by atoms with van der Waals surface area (Å²) in [6.07, 6.45) is 4.42. The number of nitrogens with one attached hydrogen (secondary N) is 1. The Kier molecular flexibility index (Phi) is 5.42. The maximum atomic E-state index is 11.9. The van der Waals surface area contributed by atoms with E-state index in [1.807, 2.05) is 25.6 Å². The predicted octanol–water partition coefficient (Wildman–Crippen LogP) is 0.869. The predicted molar refractivity (Wildman–Crippen MR) is 66.8 cm³/mol. The van der Waals surface area contributed by atoms with Gasteiger partial charge in [-0.3, -0.25) is 4.79 Å². The van der Waals surface area contributed by atoms with Crippen LogP contribution in [-0.2, 0) is 7.05 Å². The van der Waals surface area contributed by atoms with Crippen LogP contribution in [0.5, 0.6) is 0 Å². The van der Waals surface area contributed by atoms with Crippen LogP contribution in [0.1, 0.15) is 16.9 Å². The number of rotatable bonds is 6. The standard InChI is InChI=1S/C11H18N2O2S/c1-13-6-3-4-10(13)11(15)12-9(5-7-14)8-16-2/h3-4,6,9,14H,5,7-8H2,1-2H3,(H,12,15). The van der Waals surface area contributed by atoms with Crippen molar-refractivity contribution in [3.05, 3.63) is 24.0 Å². The molecule has 0 aliphatic heterocycles. The molecule has 0 fully saturated rings. The van der Waals surface area contributed by atoms with Gasteiger partial charge in [0, 0.05) is 31.6 Å². The molecule has 1 atom stereocenters. The van der Waals surface area contributed by atoms with Crippen molar-refractivity contribution < 1.29 is 9.90 Å². The summed E-state index contributed by atoms with van der Waals surface area (Å²) in [5.41, 5.74) is 0.643. The summed E-state index contributed by atoms with van der Waals surface area (Å²) in [5, 5.41) is 11.8. The number of hydrogen-bond donors (Lipinski definition) is 2. The summed E-state index contributed by atoms with van der Waals surface area (Å²) in [4.78, 5) is 11.9. The smallest absolute Gasteiger partial charge is 0.268 e. The molecular weight excluding hydrogens is 224 g/mol. The van der Waals surface area contributed by atoms with E-state index in [0.717, 1.165) is 5.75 Å². The van der Waals surface area contributed by atoms with Crippen LogP contribution in [0.4, 0.5) is 0 Å². The second-order valence-corrected chi connectivity index (χ2v) is 4.55. The summed E-state index contributed by atoms with van der Waals surface area (Å²) in [7, 11) is 1.84. The molecule has 1 amide bonds. The Bertz CT molecular complexity index is 332. The Balaban J connectivity index is 2.58. The third-order valence-corrected chi connectivity index (χ3v) is 3.09. The maximum absolute atomic E-state index is 11.9. The van der Waals surface area contributed by atoms with E-state index >= 15 is 0 Å². The maximum Gasteiger partial charge on any atom is 0.268 e. The Morgan fingerprint density at radius 1 is 1.69 bits per heavy atom. The molecule has 0 radical (unpaired) electrons. The lowest BCUT2D eigenvalue weighted by molar-refractivity contribution is 0.0927. The van der Waals surface area contributed by atoms with Crippen molar-refractivity contribution in [2.45, 2.75) is 12.5 Å². The fourth-order valence-electron chi connectivity index (χ4n) is 1.51. The van der Waals surface area contributed by atoms with Gasteiger partial charge >= 0.3 is 0 Å². The van der Waals surface area contributed by atoms with Crippen LogP contribution in [0.15, 0.2) is 18.3 Å². The number of amides is 1. The zero-order valence-electron chi connectivity index (χ0n) is 9.64. The van der Waals surface area contributed by atoms with Crippen LogP contribution < -0.4 is 5.32 Å². The Labute approximate surface area is 100 Å². The number of hydrogen-bond acceptors (Lipinski definition) is 3. The second kappa shape index (κ2) is 6.60. The van der Waals surface area contributed by atoms with Gasteiger partial charge in [-0.2, -0.15) is 11.8 Å². The fourth-order valence-corrected chi connectivity index (χ4v) is 2.16. The van der Waals surface area contributed by atoms with Crippen LogP contribution in [-0.4, -0.2) is 40.2 Å². The first-order valence-corrected chi connectivity index (χ1v) is 6.60. The lowest BCUT2D eigenvalue weighted by Crippen LogP contribution is -2.38. The van der Waals surface area contributed by atoms with Gasteiger partial charge in [0.25, 0.3) is 5.91 Å². The van der Waals surface area contributed by atoms with Crippen LogP contribution in [0.3, 0.4) is 0 Å². The second-order valence-electron chi connectivity index (χ2n) is 3.64. The average molecular weight is 242 g/mol. The quantitative estimate of drug-likeness (QED) is 0.778. The number of thioether (sulfide) groups is 1. The number of carbonyl (C=O) groups is 1. The zero-order valence-corrected chi connectivity index (χ0v) is 10.5. The molecule has 0 saturated carbocycles. The molecule has 5 heteroatoms. The summed E-state index contributed by atoms with van der Waals surface area (Å²) in [6.45, 7) is 0.0959. The first kappa shape index (κ1) is 13.1. The van der Waals surface area contributed by atoms with Gasteiger partial charge in [-0.25, -0.2) is 0 Å².